The third-order valence-electron chi connectivity index (χ3n) is 1.39. The van der Waals surface area contributed by atoms with Gasteiger partial charge in [0.05, 0.1) is 11.0 Å². The van der Waals surface area contributed by atoms with Crippen LogP contribution >= 0.6 is 15.9 Å². The predicted octanol–water partition coefficient (Wildman–Crippen LogP) is 1.70. The maximum Gasteiger partial charge on any atom is 0.292 e. The van der Waals surface area contributed by atoms with Gasteiger partial charge >= 0.3 is 0 Å². The minimum absolute atomic E-state index is 0.285. The third-order valence-corrected chi connectivity index (χ3v) is 2.36. The molecule has 0 aliphatic rings. The largest absolute Gasteiger partial charge is 0.518 e. The van der Waals surface area contributed by atoms with Gasteiger partial charge in [0.25, 0.3) is 11.2 Å². The molecule has 1 aromatic heterocycles. The SMILES string of the molecule is [C-]#[N+]c1c(O)c(Br)c(C)[nH]c1=O. The van der Waals surface area contributed by atoms with E-state index in [1.807, 2.05) is 0 Å². The number of aryl methyl sites for hydroxylation is 1. The summed E-state index contributed by atoms with van der Waals surface area (Å²) in [7, 11) is 0. The average Bonchev–Trinajstić information content (AvgIpc) is 2.01. The van der Waals surface area contributed by atoms with Crippen molar-refractivity contribution in [3.05, 3.63) is 31.9 Å². The smallest absolute Gasteiger partial charge is 0.292 e. The Kier molecular flexibility index (Phi) is 2.20. The Morgan fingerprint density at radius 2 is 2.25 bits per heavy atom. The number of nitrogens with zero attached hydrogens (tertiary/aromatic N) is 1. The molecular formula is C7H5BrN2O2. The van der Waals surface area contributed by atoms with Gasteiger partial charge in [-0.1, -0.05) is 0 Å². The van der Waals surface area contributed by atoms with Gasteiger partial charge in [0.2, 0.25) is 0 Å². The molecule has 0 saturated heterocycles. The van der Waals surface area contributed by atoms with Crippen LogP contribution in [-0.2, 0) is 0 Å². The van der Waals surface area contributed by atoms with Crippen LogP contribution in [0.3, 0.4) is 0 Å². The molecule has 0 saturated carbocycles. The van der Waals surface area contributed by atoms with Gasteiger partial charge in [-0.2, -0.15) is 0 Å². The van der Waals surface area contributed by atoms with Crippen molar-refractivity contribution in [1.82, 2.24) is 4.98 Å². The first-order valence-electron chi connectivity index (χ1n) is 3.06. The van der Waals surface area contributed by atoms with E-state index in [0.29, 0.717) is 10.2 Å². The zero-order valence-corrected chi connectivity index (χ0v) is 7.77. The zero-order chi connectivity index (χ0) is 9.30. The Hall–Kier alpha value is -1.28. The minimum atomic E-state index is -0.566. The maximum absolute atomic E-state index is 11.0. The summed E-state index contributed by atoms with van der Waals surface area (Å²) in [6.07, 6.45) is 0. The second-order valence-electron chi connectivity index (χ2n) is 2.20. The first-order chi connectivity index (χ1) is 5.57. The van der Waals surface area contributed by atoms with E-state index in [0.717, 1.165) is 0 Å². The molecule has 0 aliphatic heterocycles. The van der Waals surface area contributed by atoms with E-state index >= 15 is 0 Å². The molecule has 0 atom stereocenters. The number of aromatic amines is 1. The fraction of sp³-hybridized carbons (Fsp3) is 0.143. The Morgan fingerprint density at radius 3 is 2.75 bits per heavy atom. The molecule has 1 aromatic rings. The molecule has 0 amide bonds. The van der Waals surface area contributed by atoms with Gasteiger partial charge in [-0.25, -0.2) is 4.85 Å². The molecule has 0 bridgehead atoms. The van der Waals surface area contributed by atoms with Crippen LogP contribution in [0.25, 0.3) is 4.85 Å². The van der Waals surface area contributed by atoms with Crippen LogP contribution in [0, 0.1) is 13.5 Å². The van der Waals surface area contributed by atoms with E-state index < -0.39 is 5.56 Å². The van der Waals surface area contributed by atoms with Crippen LogP contribution in [0.2, 0.25) is 0 Å². The number of hydrogen-bond acceptors (Lipinski definition) is 2. The second-order valence-corrected chi connectivity index (χ2v) is 3.00. The molecule has 0 aromatic carbocycles. The summed E-state index contributed by atoms with van der Waals surface area (Å²) in [6.45, 7) is 8.24. The lowest BCUT2D eigenvalue weighted by atomic mass is 10.3. The molecule has 4 nitrogen and oxygen atoms in total. The molecule has 5 heteroatoms. The Bertz CT molecular complexity index is 417. The molecule has 1 heterocycles. The average molecular weight is 229 g/mol. The van der Waals surface area contributed by atoms with Gasteiger partial charge in [-0.15, -0.1) is 0 Å². The lowest BCUT2D eigenvalue weighted by molar-refractivity contribution is 0.473. The van der Waals surface area contributed by atoms with E-state index in [4.69, 9.17) is 6.57 Å². The molecule has 2 N–H and O–H groups in total. The minimum Gasteiger partial charge on any atom is -0.518 e. The number of nitrogens with one attached hydrogen (secondary N) is 1. The zero-order valence-electron chi connectivity index (χ0n) is 6.18. The molecular weight excluding hydrogens is 224 g/mol. The number of aromatic hydroxyl groups is 1. The van der Waals surface area contributed by atoms with Gasteiger partial charge in [-0.3, -0.25) is 4.79 Å². The fourth-order valence-electron chi connectivity index (χ4n) is 0.777. The second kappa shape index (κ2) is 2.99. The summed E-state index contributed by atoms with van der Waals surface area (Å²) in [5.41, 5.74) is -0.347. The van der Waals surface area contributed by atoms with Gasteiger partial charge in [0.15, 0.2) is 0 Å². The van der Waals surface area contributed by atoms with Crippen molar-refractivity contribution < 1.29 is 5.11 Å². The van der Waals surface area contributed by atoms with Gasteiger partial charge in [0.1, 0.15) is 5.75 Å². The fourth-order valence-corrected chi connectivity index (χ4v) is 1.06. The molecule has 62 valence electrons. The molecule has 0 radical (unpaired) electrons. The summed E-state index contributed by atoms with van der Waals surface area (Å²) >= 11 is 3.04. The Morgan fingerprint density at radius 1 is 1.67 bits per heavy atom. The normalized spacial score (nSPS) is 9.42. The summed E-state index contributed by atoms with van der Waals surface area (Å²) in [5.74, 6) is -0.300. The van der Waals surface area contributed by atoms with Crippen molar-refractivity contribution in [3.63, 3.8) is 0 Å². The van der Waals surface area contributed by atoms with Crippen LogP contribution in [0.15, 0.2) is 9.27 Å². The summed E-state index contributed by atoms with van der Waals surface area (Å²) < 4.78 is 0.355. The van der Waals surface area contributed by atoms with Crippen molar-refractivity contribution >= 4 is 21.6 Å². The summed E-state index contributed by atoms with van der Waals surface area (Å²) in [4.78, 5) is 16.3. The van der Waals surface area contributed by atoms with Crippen LogP contribution in [0.4, 0.5) is 5.69 Å². The van der Waals surface area contributed by atoms with E-state index in [1.54, 1.807) is 6.92 Å². The quantitative estimate of drug-likeness (QED) is 0.665. The molecule has 0 aliphatic carbocycles. The van der Waals surface area contributed by atoms with E-state index in [-0.39, 0.29) is 11.4 Å². The first-order valence-corrected chi connectivity index (χ1v) is 3.86. The van der Waals surface area contributed by atoms with Crippen molar-refractivity contribution in [2.24, 2.45) is 0 Å². The van der Waals surface area contributed by atoms with Crippen LogP contribution in [0.5, 0.6) is 5.75 Å². The highest BCUT2D eigenvalue weighted by atomic mass is 79.9. The highest BCUT2D eigenvalue weighted by Crippen LogP contribution is 2.31. The lowest BCUT2D eigenvalue weighted by Gasteiger charge is -2.01. The lowest BCUT2D eigenvalue weighted by Crippen LogP contribution is -2.06. The molecule has 0 fully saturated rings. The molecule has 1 rings (SSSR count). The van der Waals surface area contributed by atoms with Crippen LogP contribution in [0.1, 0.15) is 5.69 Å². The van der Waals surface area contributed by atoms with Crippen LogP contribution < -0.4 is 5.56 Å². The van der Waals surface area contributed by atoms with Crippen molar-refractivity contribution in [1.29, 1.82) is 0 Å². The number of rotatable bonds is 0. The van der Waals surface area contributed by atoms with Crippen LogP contribution in [-0.4, -0.2) is 10.1 Å². The highest BCUT2D eigenvalue weighted by molar-refractivity contribution is 9.10. The highest BCUT2D eigenvalue weighted by Gasteiger charge is 2.12. The summed E-state index contributed by atoms with van der Waals surface area (Å²) in [5, 5.41) is 9.28. The van der Waals surface area contributed by atoms with E-state index in [9.17, 15) is 9.90 Å². The number of aromatic nitrogens is 1. The molecule has 0 unspecified atom stereocenters. The standard InChI is InChI=1S/C7H5BrN2O2/c1-3-4(8)6(11)5(9-2)7(12)10-3/h1H3,(H2,10,11,12). The Labute approximate surface area is 76.8 Å². The predicted molar refractivity (Wildman–Crippen MR) is 47.4 cm³/mol. The van der Waals surface area contributed by atoms with Crippen molar-refractivity contribution in [3.8, 4) is 5.75 Å². The Balaban J connectivity index is 3.66. The number of H-pyrrole nitrogens is 1. The summed E-state index contributed by atoms with van der Waals surface area (Å²) in [6, 6.07) is 0. The number of halogens is 1. The van der Waals surface area contributed by atoms with E-state index in [2.05, 4.69) is 25.8 Å². The first kappa shape index (κ1) is 8.81. The third kappa shape index (κ3) is 1.21. The van der Waals surface area contributed by atoms with Gasteiger partial charge in [-0.05, 0) is 22.9 Å². The van der Waals surface area contributed by atoms with Gasteiger partial charge in [0, 0.05) is 5.69 Å². The molecule has 0 spiro atoms. The number of hydrogen-bond donors (Lipinski definition) is 2. The van der Waals surface area contributed by atoms with Gasteiger partial charge < -0.3 is 10.1 Å². The topological polar surface area (TPSA) is 57.4 Å². The van der Waals surface area contributed by atoms with Crippen molar-refractivity contribution in [2.45, 2.75) is 6.92 Å². The molecule has 12 heavy (non-hydrogen) atoms. The van der Waals surface area contributed by atoms with Crippen molar-refractivity contribution in [2.75, 3.05) is 0 Å². The monoisotopic (exact) mass is 228 g/mol. The maximum atomic E-state index is 11.0. The van der Waals surface area contributed by atoms with E-state index in [1.165, 1.54) is 0 Å². The number of pyridine rings is 1.